The number of benzene rings is 3. The van der Waals surface area contributed by atoms with E-state index >= 15 is 0 Å². The van der Waals surface area contributed by atoms with Crippen molar-refractivity contribution in [1.29, 1.82) is 0 Å². The monoisotopic (exact) mass is 456 g/mol. The third-order valence-corrected chi connectivity index (χ3v) is 5.36. The van der Waals surface area contributed by atoms with Crippen molar-refractivity contribution in [3.8, 4) is 45.9 Å². The summed E-state index contributed by atoms with van der Waals surface area (Å²) in [6.45, 7) is 0. The van der Waals surface area contributed by atoms with Crippen molar-refractivity contribution in [3.63, 3.8) is 0 Å². The quantitative estimate of drug-likeness (QED) is 0.376. The van der Waals surface area contributed by atoms with E-state index in [9.17, 15) is 4.79 Å². The van der Waals surface area contributed by atoms with Gasteiger partial charge in [-0.3, -0.25) is 4.79 Å². The first-order valence-electron chi connectivity index (χ1n) is 10.4. The molecular weight excluding hydrogens is 436 g/mol. The van der Waals surface area contributed by atoms with Crippen molar-refractivity contribution in [3.05, 3.63) is 77.1 Å². The average Bonchev–Trinajstić information content (AvgIpc) is 3.39. The minimum Gasteiger partial charge on any atom is -0.497 e. The Morgan fingerprint density at radius 1 is 0.794 bits per heavy atom. The lowest BCUT2D eigenvalue weighted by molar-refractivity contribution is 0.394. The Morgan fingerprint density at radius 3 is 2.09 bits per heavy atom. The molecular formula is C25H20N4O5. The molecule has 0 aliphatic rings. The van der Waals surface area contributed by atoms with E-state index in [1.165, 1.54) is 4.68 Å². The molecule has 0 radical (unpaired) electrons. The van der Waals surface area contributed by atoms with E-state index in [0.717, 1.165) is 0 Å². The minimum absolute atomic E-state index is 0.176. The summed E-state index contributed by atoms with van der Waals surface area (Å²) in [6.07, 6.45) is 0. The molecule has 5 rings (SSSR count). The second-order valence-electron chi connectivity index (χ2n) is 7.33. The molecule has 3 aromatic carbocycles. The molecule has 2 heterocycles. The second kappa shape index (κ2) is 8.70. The molecule has 0 amide bonds. The number of hydrogen-bond acceptors (Lipinski definition) is 8. The number of aromatic nitrogens is 4. The first-order chi connectivity index (χ1) is 16.6. The van der Waals surface area contributed by atoms with Crippen LogP contribution in [0.1, 0.15) is 0 Å². The van der Waals surface area contributed by atoms with Crippen LogP contribution in [0.5, 0.6) is 17.2 Å². The molecule has 5 aromatic rings. The number of methoxy groups -OCH3 is 3. The third kappa shape index (κ3) is 3.73. The van der Waals surface area contributed by atoms with Crippen LogP contribution in [0.4, 0.5) is 0 Å². The van der Waals surface area contributed by atoms with Gasteiger partial charge in [0.05, 0.1) is 32.4 Å². The topological polar surface area (TPSA) is 102 Å². The lowest BCUT2D eigenvalue weighted by Gasteiger charge is -2.09. The SMILES string of the molecule is COc1ccc(-n2nc(-c3nc(-c4cc(OC)cc(OC)c4)no3)c3ccccc3c2=O)cc1. The summed E-state index contributed by atoms with van der Waals surface area (Å²) in [5.74, 6) is 2.37. The van der Waals surface area contributed by atoms with Gasteiger partial charge in [-0.05, 0) is 42.5 Å². The van der Waals surface area contributed by atoms with Gasteiger partial charge >= 0.3 is 0 Å². The van der Waals surface area contributed by atoms with Gasteiger partial charge in [-0.25, -0.2) is 0 Å². The maximum atomic E-state index is 13.2. The van der Waals surface area contributed by atoms with Crippen LogP contribution in [0.2, 0.25) is 0 Å². The van der Waals surface area contributed by atoms with E-state index in [-0.39, 0.29) is 11.4 Å². The summed E-state index contributed by atoms with van der Waals surface area (Å²) in [5, 5.41) is 9.80. The van der Waals surface area contributed by atoms with Crippen molar-refractivity contribution in [1.82, 2.24) is 19.9 Å². The molecule has 0 aliphatic carbocycles. The standard InChI is InChI=1S/C25H20N4O5/c1-31-17-10-8-16(9-11-17)29-25(30)21-7-5-4-6-20(21)22(27-29)24-26-23(28-34-24)15-12-18(32-2)14-19(13-15)33-3/h4-14H,1-3H3. The largest absolute Gasteiger partial charge is 0.497 e. The van der Waals surface area contributed by atoms with E-state index in [0.29, 0.717) is 50.8 Å². The van der Waals surface area contributed by atoms with Crippen LogP contribution in [0, 0.1) is 0 Å². The van der Waals surface area contributed by atoms with Crippen LogP contribution in [0.3, 0.4) is 0 Å². The Labute approximate surface area is 194 Å². The normalized spacial score (nSPS) is 10.9. The summed E-state index contributed by atoms with van der Waals surface area (Å²) < 4.78 is 22.8. The number of ether oxygens (including phenoxy) is 3. The van der Waals surface area contributed by atoms with Gasteiger partial charge in [-0.2, -0.15) is 14.8 Å². The Balaban J connectivity index is 1.67. The molecule has 9 heteroatoms. The van der Waals surface area contributed by atoms with Crippen molar-refractivity contribution >= 4 is 10.8 Å². The van der Waals surface area contributed by atoms with Gasteiger partial charge in [0, 0.05) is 17.0 Å². The zero-order chi connectivity index (χ0) is 23.7. The molecule has 0 saturated heterocycles. The second-order valence-corrected chi connectivity index (χ2v) is 7.33. The van der Waals surface area contributed by atoms with Crippen molar-refractivity contribution in [2.24, 2.45) is 0 Å². The molecule has 0 spiro atoms. The Kier molecular flexibility index (Phi) is 5.43. The molecule has 2 aromatic heterocycles. The number of hydrogen-bond donors (Lipinski definition) is 0. The van der Waals surface area contributed by atoms with Gasteiger partial charge in [0.15, 0.2) is 5.69 Å². The molecule has 0 N–H and O–H groups in total. The van der Waals surface area contributed by atoms with E-state index < -0.39 is 0 Å². The van der Waals surface area contributed by atoms with Gasteiger partial charge in [-0.1, -0.05) is 23.4 Å². The van der Waals surface area contributed by atoms with Gasteiger partial charge in [0.2, 0.25) is 5.82 Å². The summed E-state index contributed by atoms with van der Waals surface area (Å²) in [4.78, 5) is 17.8. The highest BCUT2D eigenvalue weighted by Crippen LogP contribution is 2.31. The first-order valence-corrected chi connectivity index (χ1v) is 10.4. The lowest BCUT2D eigenvalue weighted by Crippen LogP contribution is -2.22. The van der Waals surface area contributed by atoms with Crippen LogP contribution in [-0.2, 0) is 0 Å². The Hall–Kier alpha value is -4.66. The Bertz CT molecular complexity index is 1520. The number of nitrogens with zero attached hydrogens (tertiary/aromatic N) is 4. The highest BCUT2D eigenvalue weighted by Gasteiger charge is 2.19. The summed E-state index contributed by atoms with van der Waals surface area (Å²) in [5.41, 5.74) is 1.36. The lowest BCUT2D eigenvalue weighted by atomic mass is 10.1. The molecule has 0 fully saturated rings. The summed E-state index contributed by atoms with van der Waals surface area (Å²) in [6, 6.07) is 19.5. The third-order valence-electron chi connectivity index (χ3n) is 5.36. The number of fused-ring (bicyclic) bond motifs is 1. The average molecular weight is 456 g/mol. The molecule has 34 heavy (non-hydrogen) atoms. The maximum Gasteiger partial charge on any atom is 0.279 e. The fourth-order valence-corrected chi connectivity index (χ4v) is 3.62. The van der Waals surface area contributed by atoms with Crippen molar-refractivity contribution in [2.45, 2.75) is 0 Å². The van der Waals surface area contributed by atoms with E-state index in [1.54, 1.807) is 82.0 Å². The maximum absolute atomic E-state index is 13.2. The van der Waals surface area contributed by atoms with Gasteiger partial charge in [0.1, 0.15) is 17.2 Å². The van der Waals surface area contributed by atoms with Crippen molar-refractivity contribution < 1.29 is 18.7 Å². The molecule has 170 valence electrons. The summed E-state index contributed by atoms with van der Waals surface area (Å²) >= 11 is 0. The van der Waals surface area contributed by atoms with Crippen LogP contribution in [0.25, 0.3) is 39.4 Å². The molecule has 0 saturated carbocycles. The fraction of sp³-hybridized carbons (Fsp3) is 0.120. The van der Waals surface area contributed by atoms with E-state index in [1.807, 2.05) is 6.07 Å². The van der Waals surface area contributed by atoms with E-state index in [2.05, 4.69) is 15.2 Å². The summed E-state index contributed by atoms with van der Waals surface area (Å²) in [7, 11) is 4.72. The molecule has 9 nitrogen and oxygen atoms in total. The highest BCUT2D eigenvalue weighted by atomic mass is 16.5. The predicted octanol–water partition coefficient (Wildman–Crippen LogP) is 4.13. The van der Waals surface area contributed by atoms with Gasteiger partial charge < -0.3 is 18.7 Å². The molecule has 0 aliphatic heterocycles. The molecule has 0 unspecified atom stereocenters. The zero-order valence-corrected chi connectivity index (χ0v) is 18.7. The Morgan fingerprint density at radius 2 is 1.44 bits per heavy atom. The molecule has 0 bridgehead atoms. The van der Waals surface area contributed by atoms with Crippen LogP contribution in [-0.4, -0.2) is 41.3 Å². The van der Waals surface area contributed by atoms with Crippen molar-refractivity contribution in [2.75, 3.05) is 21.3 Å². The molecule has 0 atom stereocenters. The zero-order valence-electron chi connectivity index (χ0n) is 18.7. The van der Waals surface area contributed by atoms with Gasteiger partial charge in [-0.15, -0.1) is 0 Å². The predicted molar refractivity (Wildman–Crippen MR) is 126 cm³/mol. The highest BCUT2D eigenvalue weighted by molar-refractivity contribution is 5.92. The van der Waals surface area contributed by atoms with Crippen LogP contribution in [0.15, 0.2) is 76.0 Å². The van der Waals surface area contributed by atoms with Crippen LogP contribution < -0.4 is 19.8 Å². The smallest absolute Gasteiger partial charge is 0.279 e. The fourth-order valence-electron chi connectivity index (χ4n) is 3.62. The van der Waals surface area contributed by atoms with Crippen LogP contribution >= 0.6 is 0 Å². The number of rotatable bonds is 6. The van der Waals surface area contributed by atoms with Gasteiger partial charge in [0.25, 0.3) is 11.4 Å². The first kappa shape index (κ1) is 21.2. The minimum atomic E-state index is -0.262. The van der Waals surface area contributed by atoms with E-state index in [4.69, 9.17) is 18.7 Å².